The van der Waals surface area contributed by atoms with Crippen LogP contribution in [0.15, 0.2) is 42.5 Å². The molecule has 5 fully saturated rings. The molecular weight excluding hydrogens is 697 g/mol. The predicted molar refractivity (Wildman–Crippen MR) is 224 cm³/mol. The smallest absolute Gasteiger partial charge is 0.328 e. The summed E-state index contributed by atoms with van der Waals surface area (Å²) in [7, 11) is 1.35. The van der Waals surface area contributed by atoms with E-state index in [1.165, 1.54) is 38.4 Å². The van der Waals surface area contributed by atoms with Crippen molar-refractivity contribution in [2.75, 3.05) is 13.7 Å². The fraction of sp³-hybridized carbons (Fsp3) is 0.776. The van der Waals surface area contributed by atoms with Gasteiger partial charge in [-0.2, -0.15) is 0 Å². The van der Waals surface area contributed by atoms with Gasteiger partial charge in [0.25, 0.3) is 0 Å². The molecule has 0 unspecified atom stereocenters. The van der Waals surface area contributed by atoms with Gasteiger partial charge in [-0.3, -0.25) is 9.59 Å². The molecule has 0 radical (unpaired) electrons. The molecule has 5 aliphatic rings. The molecule has 2 amide bonds. The van der Waals surface area contributed by atoms with Crippen LogP contribution in [0, 0.1) is 56.7 Å². The largest absolute Gasteiger partial charge is 0.467 e. The van der Waals surface area contributed by atoms with Crippen LogP contribution in [0.3, 0.4) is 0 Å². The molecule has 1 aromatic carbocycles. The topological polar surface area (TPSA) is 105 Å². The summed E-state index contributed by atoms with van der Waals surface area (Å²) in [5.74, 6) is 2.31. The van der Waals surface area contributed by atoms with Gasteiger partial charge < -0.3 is 20.5 Å². The standard InChI is InChI=1S/C49H76N2O5/c1-33(2)35-23-28-49(44(55)50-31-17-12-10-9-11-16-20-41(53)51-37(43(54)56-8)32-34-18-14-13-15-19-34)30-29-47(6)36(42(35)49)21-22-39-46(5)26-25-40(52)45(3,4)38(46)24-27-48(39,47)7/h13-15,18-19,35-40,42,52H,1,9-12,16-17,20-32H2,2-8H3,(H,50,55)(H,51,53)/t35-,36+,37-,38-,39+,40-,42+,46-,47+,48+,49-/m0/s1. The Morgan fingerprint density at radius 2 is 1.52 bits per heavy atom. The summed E-state index contributed by atoms with van der Waals surface area (Å²) in [5, 5.41) is 17.5. The van der Waals surface area contributed by atoms with Gasteiger partial charge in [0, 0.05) is 19.4 Å². The Morgan fingerprint density at radius 1 is 0.821 bits per heavy atom. The lowest BCUT2D eigenvalue weighted by Crippen LogP contribution is -2.67. The molecule has 0 spiro atoms. The highest BCUT2D eigenvalue weighted by Gasteiger charge is 2.71. The maximum atomic E-state index is 14.5. The SMILES string of the molecule is C=C(C)[C@@H]1CC[C@]2(C(=O)NCCCCCCCCC(=O)N[C@@H](Cc3ccccc3)C(=O)OC)CC[C@]3(C)[C@H](CC[C@@H]4[C@@]5(C)CC[C@H](O)C(C)(C)[C@@H]5CC[C@]43C)[C@@H]12. The summed E-state index contributed by atoms with van der Waals surface area (Å²) >= 11 is 0. The van der Waals surface area contributed by atoms with E-state index in [1.54, 1.807) is 0 Å². The number of benzene rings is 1. The third-order valence-electron chi connectivity index (χ3n) is 17.7. The molecule has 0 aromatic heterocycles. The van der Waals surface area contributed by atoms with Gasteiger partial charge in [0.05, 0.1) is 18.6 Å². The number of ether oxygens (including phenoxy) is 1. The lowest BCUT2D eigenvalue weighted by atomic mass is 9.32. The molecule has 5 aliphatic carbocycles. The van der Waals surface area contributed by atoms with Crippen LogP contribution >= 0.6 is 0 Å². The zero-order chi connectivity index (χ0) is 40.5. The lowest BCUT2D eigenvalue weighted by Gasteiger charge is -2.72. The molecule has 11 atom stereocenters. The quantitative estimate of drug-likeness (QED) is 0.0936. The number of fused-ring (bicyclic) bond motifs is 7. The third kappa shape index (κ3) is 7.65. The van der Waals surface area contributed by atoms with Crippen LogP contribution in [0.25, 0.3) is 0 Å². The van der Waals surface area contributed by atoms with E-state index in [0.29, 0.717) is 48.3 Å². The first-order valence-corrected chi connectivity index (χ1v) is 22.6. The van der Waals surface area contributed by atoms with Gasteiger partial charge in [0.15, 0.2) is 0 Å². The van der Waals surface area contributed by atoms with Crippen molar-refractivity contribution < 1.29 is 24.2 Å². The Labute approximate surface area is 339 Å². The van der Waals surface area contributed by atoms with Crippen LogP contribution in [-0.2, 0) is 25.5 Å². The van der Waals surface area contributed by atoms with E-state index in [0.717, 1.165) is 89.2 Å². The Kier molecular flexibility index (Phi) is 13.0. The Hall–Kier alpha value is -2.67. The van der Waals surface area contributed by atoms with Gasteiger partial charge in [-0.25, -0.2) is 4.79 Å². The van der Waals surface area contributed by atoms with Crippen LogP contribution in [0.1, 0.15) is 156 Å². The van der Waals surface area contributed by atoms with Gasteiger partial charge in [0.1, 0.15) is 6.04 Å². The molecule has 6 rings (SSSR count). The molecular formula is C49H76N2O5. The highest BCUT2D eigenvalue weighted by Crippen LogP contribution is 2.77. The highest BCUT2D eigenvalue weighted by molar-refractivity contribution is 5.85. The summed E-state index contributed by atoms with van der Waals surface area (Å²) in [6, 6.07) is 9.00. The number of nitrogens with one attached hydrogen (secondary N) is 2. The number of hydrogen-bond donors (Lipinski definition) is 3. The monoisotopic (exact) mass is 773 g/mol. The molecule has 0 aliphatic heterocycles. The number of rotatable bonds is 15. The fourth-order valence-corrected chi connectivity index (χ4v) is 14.5. The minimum absolute atomic E-state index is 0.0400. The molecule has 56 heavy (non-hydrogen) atoms. The average Bonchev–Trinajstić information content (AvgIpc) is 3.57. The molecule has 1 aromatic rings. The summed E-state index contributed by atoms with van der Waals surface area (Å²) in [4.78, 5) is 39.5. The molecule has 312 valence electrons. The maximum absolute atomic E-state index is 14.5. The van der Waals surface area contributed by atoms with E-state index in [9.17, 15) is 19.5 Å². The van der Waals surface area contributed by atoms with Gasteiger partial charge >= 0.3 is 5.97 Å². The van der Waals surface area contributed by atoms with Gasteiger partial charge in [0.2, 0.25) is 11.8 Å². The molecule has 7 heteroatoms. The van der Waals surface area contributed by atoms with Gasteiger partial charge in [-0.05, 0) is 141 Å². The number of aliphatic hydroxyl groups is 1. The molecule has 3 N–H and O–H groups in total. The van der Waals surface area contributed by atoms with Crippen molar-refractivity contribution >= 4 is 17.8 Å². The zero-order valence-electron chi connectivity index (χ0n) is 36.2. The third-order valence-corrected chi connectivity index (χ3v) is 17.7. The van der Waals surface area contributed by atoms with Crippen molar-refractivity contribution in [3.05, 3.63) is 48.0 Å². The average molecular weight is 773 g/mol. The predicted octanol–water partition coefficient (Wildman–Crippen LogP) is 9.75. The number of carbonyl (C=O) groups is 3. The van der Waals surface area contributed by atoms with E-state index < -0.39 is 12.0 Å². The van der Waals surface area contributed by atoms with E-state index >= 15 is 0 Å². The molecule has 0 heterocycles. The number of amides is 2. The summed E-state index contributed by atoms with van der Waals surface area (Å²) < 4.78 is 4.94. The number of carbonyl (C=O) groups excluding carboxylic acids is 3. The normalized spacial score (nSPS) is 37.5. The minimum atomic E-state index is -0.679. The van der Waals surface area contributed by atoms with Crippen LogP contribution in [0.4, 0.5) is 0 Å². The van der Waals surface area contributed by atoms with Crippen molar-refractivity contribution in [3.63, 3.8) is 0 Å². The Bertz CT molecular complexity index is 1570. The van der Waals surface area contributed by atoms with Crippen LogP contribution in [0.5, 0.6) is 0 Å². The molecule has 0 saturated heterocycles. The van der Waals surface area contributed by atoms with Gasteiger partial charge in [-0.15, -0.1) is 0 Å². The lowest BCUT2D eigenvalue weighted by molar-refractivity contribution is -0.246. The Balaban J connectivity index is 0.988. The first-order valence-electron chi connectivity index (χ1n) is 22.6. The number of aliphatic hydroxyl groups excluding tert-OH is 1. The number of unbranched alkanes of at least 4 members (excludes halogenated alkanes) is 5. The van der Waals surface area contributed by atoms with Crippen molar-refractivity contribution in [1.82, 2.24) is 10.6 Å². The summed E-state index contributed by atoms with van der Waals surface area (Å²) in [6.07, 6.45) is 17.7. The minimum Gasteiger partial charge on any atom is -0.467 e. The van der Waals surface area contributed by atoms with Crippen molar-refractivity contribution in [1.29, 1.82) is 0 Å². The molecule has 5 saturated carbocycles. The van der Waals surface area contributed by atoms with E-state index in [-0.39, 0.29) is 39.1 Å². The fourth-order valence-electron chi connectivity index (χ4n) is 14.5. The number of allylic oxidation sites excluding steroid dienone is 1. The van der Waals surface area contributed by atoms with E-state index in [1.807, 2.05) is 30.3 Å². The van der Waals surface area contributed by atoms with Crippen molar-refractivity contribution in [3.8, 4) is 0 Å². The number of methoxy groups -OCH3 is 1. The molecule has 0 bridgehead atoms. The maximum Gasteiger partial charge on any atom is 0.328 e. The van der Waals surface area contributed by atoms with E-state index in [4.69, 9.17) is 4.74 Å². The number of esters is 1. The second-order valence-corrected chi connectivity index (χ2v) is 20.7. The zero-order valence-corrected chi connectivity index (χ0v) is 36.2. The van der Waals surface area contributed by atoms with Crippen LogP contribution < -0.4 is 10.6 Å². The van der Waals surface area contributed by atoms with Gasteiger partial charge in [-0.1, -0.05) is 103 Å². The second-order valence-electron chi connectivity index (χ2n) is 20.7. The van der Waals surface area contributed by atoms with Crippen molar-refractivity contribution in [2.45, 2.75) is 169 Å². The number of hydrogen-bond acceptors (Lipinski definition) is 5. The molecule has 7 nitrogen and oxygen atoms in total. The highest BCUT2D eigenvalue weighted by atomic mass is 16.5. The van der Waals surface area contributed by atoms with Crippen LogP contribution in [0.2, 0.25) is 0 Å². The van der Waals surface area contributed by atoms with E-state index in [2.05, 4.69) is 58.8 Å². The second kappa shape index (κ2) is 16.9. The summed E-state index contributed by atoms with van der Waals surface area (Å²) in [5.41, 5.74) is 2.62. The first kappa shape index (κ1) is 42.9. The summed E-state index contributed by atoms with van der Waals surface area (Å²) in [6.45, 7) is 20.0. The first-order chi connectivity index (χ1) is 26.5. The Morgan fingerprint density at radius 3 is 2.21 bits per heavy atom. The van der Waals surface area contributed by atoms with Crippen molar-refractivity contribution in [2.24, 2.45) is 56.7 Å². The van der Waals surface area contributed by atoms with Crippen LogP contribution in [-0.4, -0.2) is 48.7 Å².